The Morgan fingerprint density at radius 1 is 0.946 bits per heavy atom. The third kappa shape index (κ3) is 4.63. The SMILES string of the molecule is CC1(C)OC[C@@H]([C@]2(C)C=C3CC[C@H]4C(C)(C)[C@H](O[C@H]5O[C@H](CO)[C@@H](O)[C@H](O)[C@H]5O)CC[C@@]4(C)[C@H]3CC2)O1. The molecule has 3 aliphatic carbocycles. The molecule has 2 aliphatic heterocycles. The Kier molecular flexibility index (Phi) is 7.19. The van der Waals surface area contributed by atoms with Crippen molar-refractivity contribution in [3.05, 3.63) is 11.6 Å². The maximum absolute atomic E-state index is 10.6. The molecule has 0 aromatic rings. The van der Waals surface area contributed by atoms with Crippen LogP contribution in [0.5, 0.6) is 0 Å². The number of rotatable bonds is 4. The maximum atomic E-state index is 10.6. The number of aliphatic hydroxyl groups is 4. The third-order valence-corrected chi connectivity index (χ3v) is 10.8. The van der Waals surface area contributed by atoms with E-state index in [1.165, 1.54) is 0 Å². The molecule has 5 aliphatic rings. The summed E-state index contributed by atoms with van der Waals surface area (Å²) in [5.41, 5.74) is 1.54. The molecule has 11 atom stereocenters. The van der Waals surface area contributed by atoms with Gasteiger partial charge in [-0.05, 0) is 75.0 Å². The first-order chi connectivity index (χ1) is 17.2. The van der Waals surface area contributed by atoms with E-state index in [-0.39, 0.29) is 28.5 Å². The van der Waals surface area contributed by atoms with Crippen LogP contribution in [0.15, 0.2) is 11.6 Å². The van der Waals surface area contributed by atoms with Crippen LogP contribution in [0.1, 0.15) is 80.1 Å². The summed E-state index contributed by atoms with van der Waals surface area (Å²) in [6.07, 6.45) is 2.42. The number of hydrogen-bond acceptors (Lipinski definition) is 8. The number of allylic oxidation sites excluding steroid dienone is 1. The summed E-state index contributed by atoms with van der Waals surface area (Å²) in [7, 11) is 0. The second-order valence-electron chi connectivity index (χ2n) is 13.9. The molecule has 4 N–H and O–H groups in total. The largest absolute Gasteiger partial charge is 0.394 e. The Labute approximate surface area is 221 Å². The van der Waals surface area contributed by atoms with Crippen molar-refractivity contribution in [3.8, 4) is 0 Å². The highest BCUT2D eigenvalue weighted by Gasteiger charge is 2.59. The zero-order valence-corrected chi connectivity index (χ0v) is 23.4. The van der Waals surface area contributed by atoms with E-state index in [1.54, 1.807) is 5.57 Å². The van der Waals surface area contributed by atoms with Gasteiger partial charge in [-0.2, -0.15) is 0 Å². The molecule has 212 valence electrons. The van der Waals surface area contributed by atoms with E-state index in [0.29, 0.717) is 18.4 Å². The topological polar surface area (TPSA) is 118 Å². The van der Waals surface area contributed by atoms with Crippen molar-refractivity contribution in [1.82, 2.24) is 0 Å². The Morgan fingerprint density at radius 3 is 2.32 bits per heavy atom. The highest BCUT2D eigenvalue weighted by Crippen LogP contribution is 2.64. The smallest absolute Gasteiger partial charge is 0.186 e. The molecule has 5 rings (SSSR count). The average molecular weight is 525 g/mol. The lowest BCUT2D eigenvalue weighted by molar-refractivity contribution is -0.327. The van der Waals surface area contributed by atoms with Crippen LogP contribution in [0.2, 0.25) is 0 Å². The Balaban J connectivity index is 1.32. The molecular formula is C29H48O8. The fourth-order valence-electron chi connectivity index (χ4n) is 8.58. The van der Waals surface area contributed by atoms with Crippen LogP contribution < -0.4 is 0 Å². The maximum Gasteiger partial charge on any atom is 0.186 e. The van der Waals surface area contributed by atoms with Crippen LogP contribution in [0.3, 0.4) is 0 Å². The van der Waals surface area contributed by atoms with Crippen LogP contribution in [-0.2, 0) is 18.9 Å². The van der Waals surface area contributed by atoms with Gasteiger partial charge >= 0.3 is 0 Å². The van der Waals surface area contributed by atoms with E-state index >= 15 is 0 Å². The number of aliphatic hydroxyl groups excluding tert-OH is 4. The molecule has 8 heteroatoms. The number of ether oxygens (including phenoxy) is 4. The molecule has 2 saturated heterocycles. The third-order valence-electron chi connectivity index (χ3n) is 10.8. The molecule has 0 aromatic heterocycles. The minimum Gasteiger partial charge on any atom is -0.394 e. The van der Waals surface area contributed by atoms with Crippen LogP contribution in [0, 0.1) is 28.1 Å². The molecule has 37 heavy (non-hydrogen) atoms. The van der Waals surface area contributed by atoms with Crippen LogP contribution >= 0.6 is 0 Å². The lowest BCUT2D eigenvalue weighted by atomic mass is 9.45. The van der Waals surface area contributed by atoms with Crippen molar-refractivity contribution in [1.29, 1.82) is 0 Å². The van der Waals surface area contributed by atoms with Crippen molar-refractivity contribution in [2.45, 2.75) is 129 Å². The normalized spacial score (nSPS) is 51.2. The minimum atomic E-state index is -1.42. The second-order valence-corrected chi connectivity index (χ2v) is 13.9. The highest BCUT2D eigenvalue weighted by atomic mass is 16.7. The standard InChI is InChI=1S/C29H48O8/c1-26(2)19-8-7-16-13-28(5,21-15-34-27(3,4)37-21)11-9-17(16)29(19,6)12-10-20(26)36-25-24(33)23(32)22(31)18(14-30)35-25/h13,17-25,30-33H,7-12,14-15H2,1-6H3/t17-,18+,19-,20+,21-,22+,23-,24+,25+,28-,29-/m0/s1. The van der Waals surface area contributed by atoms with E-state index in [0.717, 1.165) is 38.5 Å². The summed E-state index contributed by atoms with van der Waals surface area (Å²) in [5.74, 6) is 0.443. The van der Waals surface area contributed by atoms with Crippen molar-refractivity contribution >= 4 is 0 Å². The van der Waals surface area contributed by atoms with Crippen molar-refractivity contribution in [2.75, 3.05) is 13.2 Å². The summed E-state index contributed by atoms with van der Waals surface area (Å²) < 4.78 is 24.3. The summed E-state index contributed by atoms with van der Waals surface area (Å²) in [6.45, 7) is 13.5. The zero-order chi connectivity index (χ0) is 27.0. The molecule has 0 aromatic carbocycles. The van der Waals surface area contributed by atoms with E-state index in [4.69, 9.17) is 18.9 Å². The molecule has 8 nitrogen and oxygen atoms in total. The van der Waals surface area contributed by atoms with Gasteiger partial charge in [-0.1, -0.05) is 39.3 Å². The molecule has 0 unspecified atom stereocenters. The lowest BCUT2D eigenvalue weighted by Gasteiger charge is -2.62. The van der Waals surface area contributed by atoms with E-state index in [9.17, 15) is 20.4 Å². The lowest BCUT2D eigenvalue weighted by Crippen LogP contribution is -2.62. The van der Waals surface area contributed by atoms with E-state index in [1.807, 2.05) is 13.8 Å². The van der Waals surface area contributed by atoms with Gasteiger partial charge in [0.05, 0.1) is 25.4 Å². The van der Waals surface area contributed by atoms with Gasteiger partial charge in [0.2, 0.25) is 0 Å². The molecule has 0 amide bonds. The average Bonchev–Trinajstić information content (AvgIpc) is 3.21. The first-order valence-corrected chi connectivity index (χ1v) is 14.2. The van der Waals surface area contributed by atoms with Crippen LogP contribution in [-0.4, -0.2) is 82.3 Å². The molecule has 4 fully saturated rings. The summed E-state index contributed by atoms with van der Waals surface area (Å²) in [4.78, 5) is 0. The first kappa shape index (κ1) is 28.0. The van der Waals surface area contributed by atoms with Gasteiger partial charge in [0.15, 0.2) is 12.1 Å². The van der Waals surface area contributed by atoms with Gasteiger partial charge in [0.1, 0.15) is 24.4 Å². The fourth-order valence-corrected chi connectivity index (χ4v) is 8.58. The highest BCUT2D eigenvalue weighted by molar-refractivity contribution is 5.26. The van der Waals surface area contributed by atoms with Crippen LogP contribution in [0.4, 0.5) is 0 Å². The van der Waals surface area contributed by atoms with Crippen molar-refractivity contribution < 1.29 is 39.4 Å². The van der Waals surface area contributed by atoms with Gasteiger partial charge < -0.3 is 39.4 Å². The minimum absolute atomic E-state index is 0.0122. The van der Waals surface area contributed by atoms with E-state index < -0.39 is 43.1 Å². The Bertz CT molecular complexity index is 885. The van der Waals surface area contributed by atoms with Crippen LogP contribution in [0.25, 0.3) is 0 Å². The monoisotopic (exact) mass is 524 g/mol. The summed E-state index contributed by atoms with van der Waals surface area (Å²) >= 11 is 0. The van der Waals surface area contributed by atoms with Gasteiger partial charge in [-0.25, -0.2) is 0 Å². The van der Waals surface area contributed by atoms with Gasteiger partial charge in [-0.3, -0.25) is 0 Å². The number of fused-ring (bicyclic) bond motifs is 3. The predicted octanol–water partition coefficient (Wildman–Crippen LogP) is 2.90. The summed E-state index contributed by atoms with van der Waals surface area (Å²) in [6, 6.07) is 0. The Hall–Kier alpha value is -0.580. The van der Waals surface area contributed by atoms with Gasteiger partial charge in [-0.15, -0.1) is 0 Å². The first-order valence-electron chi connectivity index (χ1n) is 14.2. The van der Waals surface area contributed by atoms with Gasteiger partial charge in [0, 0.05) is 5.41 Å². The quantitative estimate of drug-likeness (QED) is 0.328. The summed E-state index contributed by atoms with van der Waals surface area (Å²) in [5, 5.41) is 40.5. The fraction of sp³-hybridized carbons (Fsp3) is 0.931. The van der Waals surface area contributed by atoms with Crippen molar-refractivity contribution in [2.24, 2.45) is 28.1 Å². The second kappa shape index (κ2) is 9.51. The molecule has 0 bridgehead atoms. The molecule has 0 radical (unpaired) electrons. The molecule has 0 spiro atoms. The van der Waals surface area contributed by atoms with Crippen molar-refractivity contribution in [3.63, 3.8) is 0 Å². The number of hydrogen-bond donors (Lipinski definition) is 4. The Morgan fingerprint density at radius 2 is 1.68 bits per heavy atom. The molecular weight excluding hydrogens is 476 g/mol. The van der Waals surface area contributed by atoms with E-state index in [2.05, 4.69) is 33.8 Å². The van der Waals surface area contributed by atoms with Gasteiger partial charge in [0.25, 0.3) is 0 Å². The molecule has 2 heterocycles. The molecule has 2 saturated carbocycles. The predicted molar refractivity (Wildman–Crippen MR) is 136 cm³/mol. The zero-order valence-electron chi connectivity index (χ0n) is 23.4.